The van der Waals surface area contributed by atoms with Crippen LogP contribution >= 0.6 is 12.2 Å². The standard InChI is InChI=1S/C25H21N3O3S/c29-23(15-18-9-5-8-17-7-1-2-11-20(17)18)28-25(32)27-22-13-4-3-12-21(22)24(30)26-16-19-10-6-14-31-19/h1-14H,15-16H2,(H,26,30)(H2,27,28,29,32). The van der Waals surface area contributed by atoms with Gasteiger partial charge in [-0.15, -0.1) is 0 Å². The van der Waals surface area contributed by atoms with Crippen LogP contribution in [0, 0.1) is 0 Å². The number of nitrogens with one attached hydrogen (secondary N) is 3. The zero-order chi connectivity index (χ0) is 22.3. The highest BCUT2D eigenvalue weighted by molar-refractivity contribution is 7.80. The minimum absolute atomic E-state index is 0.126. The van der Waals surface area contributed by atoms with E-state index in [-0.39, 0.29) is 29.9 Å². The topological polar surface area (TPSA) is 83.4 Å². The Kier molecular flexibility index (Phi) is 6.57. The van der Waals surface area contributed by atoms with Crippen molar-refractivity contribution in [3.05, 3.63) is 102 Å². The van der Waals surface area contributed by atoms with Crippen molar-refractivity contribution in [1.29, 1.82) is 0 Å². The molecule has 6 nitrogen and oxygen atoms in total. The lowest BCUT2D eigenvalue weighted by Crippen LogP contribution is -2.36. The Balaban J connectivity index is 1.38. The van der Waals surface area contributed by atoms with Crippen LogP contribution in [-0.2, 0) is 17.8 Å². The van der Waals surface area contributed by atoms with Gasteiger partial charge in [-0.2, -0.15) is 0 Å². The first-order valence-corrected chi connectivity index (χ1v) is 10.5. The summed E-state index contributed by atoms with van der Waals surface area (Å²) in [6.07, 6.45) is 1.74. The molecule has 0 bridgehead atoms. The number of carbonyl (C=O) groups is 2. The third-order valence-electron chi connectivity index (χ3n) is 4.91. The molecule has 2 amide bonds. The van der Waals surface area contributed by atoms with Crippen LogP contribution in [-0.4, -0.2) is 16.9 Å². The third-order valence-corrected chi connectivity index (χ3v) is 5.11. The van der Waals surface area contributed by atoms with Crippen LogP contribution in [0.2, 0.25) is 0 Å². The maximum atomic E-state index is 12.6. The predicted octanol–water partition coefficient (Wildman–Crippen LogP) is 4.42. The molecule has 0 aliphatic carbocycles. The van der Waals surface area contributed by atoms with E-state index in [4.69, 9.17) is 16.6 Å². The van der Waals surface area contributed by atoms with Crippen molar-refractivity contribution in [2.75, 3.05) is 5.32 Å². The third kappa shape index (κ3) is 5.19. The van der Waals surface area contributed by atoms with Crippen molar-refractivity contribution >= 4 is 45.6 Å². The van der Waals surface area contributed by atoms with Gasteiger partial charge in [0.15, 0.2) is 5.11 Å². The zero-order valence-corrected chi connectivity index (χ0v) is 17.9. The van der Waals surface area contributed by atoms with Gasteiger partial charge in [0.2, 0.25) is 5.91 Å². The second-order valence-corrected chi connectivity index (χ2v) is 7.53. The fraction of sp³-hybridized carbons (Fsp3) is 0.0800. The van der Waals surface area contributed by atoms with Crippen molar-refractivity contribution in [2.24, 2.45) is 0 Å². The fourth-order valence-electron chi connectivity index (χ4n) is 3.41. The highest BCUT2D eigenvalue weighted by Crippen LogP contribution is 2.19. The monoisotopic (exact) mass is 443 g/mol. The number of benzene rings is 3. The summed E-state index contributed by atoms with van der Waals surface area (Å²) in [7, 11) is 0. The molecule has 1 heterocycles. The number of para-hydroxylation sites is 1. The van der Waals surface area contributed by atoms with Crippen molar-refractivity contribution in [3.8, 4) is 0 Å². The van der Waals surface area contributed by atoms with E-state index >= 15 is 0 Å². The number of furan rings is 1. The summed E-state index contributed by atoms with van der Waals surface area (Å²) in [6, 6.07) is 24.3. The van der Waals surface area contributed by atoms with Gasteiger partial charge in [0.25, 0.3) is 5.91 Å². The molecule has 3 N–H and O–H groups in total. The van der Waals surface area contributed by atoms with Crippen LogP contribution in [0.15, 0.2) is 89.5 Å². The summed E-state index contributed by atoms with van der Waals surface area (Å²) in [5, 5.41) is 10.7. The van der Waals surface area contributed by atoms with Crippen LogP contribution in [0.3, 0.4) is 0 Å². The molecule has 7 heteroatoms. The number of thiocarbonyl (C=S) groups is 1. The minimum Gasteiger partial charge on any atom is -0.467 e. The van der Waals surface area contributed by atoms with E-state index in [9.17, 15) is 9.59 Å². The van der Waals surface area contributed by atoms with Crippen molar-refractivity contribution in [1.82, 2.24) is 10.6 Å². The number of anilines is 1. The molecule has 0 unspecified atom stereocenters. The van der Waals surface area contributed by atoms with E-state index in [0.717, 1.165) is 16.3 Å². The Bertz CT molecular complexity index is 1260. The van der Waals surface area contributed by atoms with E-state index in [1.54, 1.807) is 42.7 Å². The molecule has 1 aromatic heterocycles. The quantitative estimate of drug-likeness (QED) is 0.384. The van der Waals surface area contributed by atoms with Gasteiger partial charge in [0, 0.05) is 0 Å². The zero-order valence-electron chi connectivity index (χ0n) is 17.1. The normalized spacial score (nSPS) is 10.5. The Labute approximate surface area is 190 Å². The van der Waals surface area contributed by atoms with Crippen molar-refractivity contribution in [3.63, 3.8) is 0 Å². The maximum absolute atomic E-state index is 12.6. The number of hydrogen-bond acceptors (Lipinski definition) is 4. The van der Waals surface area contributed by atoms with Crippen LogP contribution in [0.1, 0.15) is 21.7 Å². The molecule has 0 spiro atoms. The first-order valence-electron chi connectivity index (χ1n) is 10.1. The summed E-state index contributed by atoms with van der Waals surface area (Å²) < 4.78 is 5.24. The van der Waals surface area contributed by atoms with Crippen LogP contribution < -0.4 is 16.0 Å². The van der Waals surface area contributed by atoms with Gasteiger partial charge in [-0.3, -0.25) is 9.59 Å². The largest absolute Gasteiger partial charge is 0.467 e. The molecule has 0 aliphatic rings. The molecule has 32 heavy (non-hydrogen) atoms. The molecule has 0 aliphatic heterocycles. The average molecular weight is 444 g/mol. The van der Waals surface area contributed by atoms with Gasteiger partial charge in [-0.1, -0.05) is 54.6 Å². The van der Waals surface area contributed by atoms with Gasteiger partial charge in [-0.05, 0) is 52.8 Å². The molecule has 160 valence electrons. The first kappa shape index (κ1) is 21.3. The smallest absolute Gasteiger partial charge is 0.253 e. The van der Waals surface area contributed by atoms with Crippen LogP contribution in [0.5, 0.6) is 0 Å². The van der Waals surface area contributed by atoms with Crippen LogP contribution in [0.4, 0.5) is 5.69 Å². The number of fused-ring (bicyclic) bond motifs is 1. The van der Waals surface area contributed by atoms with Gasteiger partial charge >= 0.3 is 0 Å². The highest BCUT2D eigenvalue weighted by atomic mass is 32.1. The molecular formula is C25H21N3O3S. The summed E-state index contributed by atoms with van der Waals surface area (Å²) in [6.45, 7) is 0.270. The van der Waals surface area contributed by atoms with E-state index in [1.165, 1.54) is 0 Å². The average Bonchev–Trinajstić information content (AvgIpc) is 3.32. The lowest BCUT2D eigenvalue weighted by atomic mass is 10.0. The van der Waals surface area contributed by atoms with E-state index < -0.39 is 0 Å². The SMILES string of the molecule is O=C(Cc1cccc2ccccc12)NC(=S)Nc1ccccc1C(=O)NCc1ccco1. The van der Waals surface area contributed by atoms with E-state index in [2.05, 4.69) is 16.0 Å². The molecule has 0 saturated carbocycles. The van der Waals surface area contributed by atoms with Crippen molar-refractivity contribution < 1.29 is 14.0 Å². The Morgan fingerprint density at radius 1 is 0.875 bits per heavy atom. The lowest BCUT2D eigenvalue weighted by molar-refractivity contribution is -0.119. The second kappa shape index (κ2) is 9.89. The fourth-order valence-corrected chi connectivity index (χ4v) is 3.63. The number of carbonyl (C=O) groups excluding carboxylic acids is 2. The molecule has 0 radical (unpaired) electrons. The van der Waals surface area contributed by atoms with Gasteiger partial charge in [0.1, 0.15) is 5.76 Å². The minimum atomic E-state index is -0.283. The predicted molar refractivity (Wildman–Crippen MR) is 128 cm³/mol. The molecule has 4 rings (SSSR count). The Hall–Kier alpha value is -3.97. The van der Waals surface area contributed by atoms with E-state index in [1.807, 2.05) is 42.5 Å². The molecule has 0 fully saturated rings. The van der Waals surface area contributed by atoms with Crippen LogP contribution in [0.25, 0.3) is 10.8 Å². The summed E-state index contributed by atoms with van der Waals surface area (Å²) in [5.74, 6) is 0.132. The second-order valence-electron chi connectivity index (χ2n) is 7.12. The summed E-state index contributed by atoms with van der Waals surface area (Å²) in [5.41, 5.74) is 1.82. The van der Waals surface area contributed by atoms with Crippen molar-refractivity contribution in [2.45, 2.75) is 13.0 Å². The summed E-state index contributed by atoms with van der Waals surface area (Å²) >= 11 is 5.31. The Morgan fingerprint density at radius 2 is 1.66 bits per heavy atom. The molecular weight excluding hydrogens is 422 g/mol. The van der Waals surface area contributed by atoms with Gasteiger partial charge in [0.05, 0.1) is 30.5 Å². The van der Waals surface area contributed by atoms with Gasteiger partial charge < -0.3 is 20.4 Å². The Morgan fingerprint density at radius 3 is 2.50 bits per heavy atom. The number of amides is 2. The number of rotatable bonds is 6. The molecule has 0 atom stereocenters. The molecule has 4 aromatic rings. The number of hydrogen-bond donors (Lipinski definition) is 3. The summed E-state index contributed by atoms with van der Waals surface area (Å²) in [4.78, 5) is 25.2. The maximum Gasteiger partial charge on any atom is 0.253 e. The van der Waals surface area contributed by atoms with Gasteiger partial charge in [-0.25, -0.2) is 0 Å². The molecule has 0 saturated heterocycles. The first-order chi connectivity index (χ1) is 15.6. The molecule has 3 aromatic carbocycles. The highest BCUT2D eigenvalue weighted by Gasteiger charge is 2.14. The van der Waals surface area contributed by atoms with E-state index in [0.29, 0.717) is 17.0 Å². The lowest BCUT2D eigenvalue weighted by Gasteiger charge is -2.14.